The summed E-state index contributed by atoms with van der Waals surface area (Å²) in [6.07, 6.45) is 5.07. The molecule has 2 rings (SSSR count). The average molecular weight is 262 g/mol. The Balaban J connectivity index is 1.94. The smallest absolute Gasteiger partial charge is 0.0592 e. The highest BCUT2D eigenvalue weighted by atomic mass is 16.5. The predicted octanol–water partition coefficient (Wildman–Crippen LogP) is 2.72. The van der Waals surface area contributed by atoms with Crippen LogP contribution in [0.4, 0.5) is 5.69 Å². The number of hydrogen-bond donors (Lipinski definition) is 1. The highest BCUT2D eigenvalue weighted by Crippen LogP contribution is 2.20. The fourth-order valence-electron chi connectivity index (χ4n) is 2.65. The van der Waals surface area contributed by atoms with E-state index in [1.807, 2.05) is 0 Å². The SMILES string of the molecule is Cc1cccc(N(CCCN)CCC2CCCO2)c1. The number of benzene rings is 1. The molecule has 1 aromatic carbocycles. The summed E-state index contributed by atoms with van der Waals surface area (Å²) < 4.78 is 5.72. The minimum atomic E-state index is 0.463. The van der Waals surface area contributed by atoms with Gasteiger partial charge >= 0.3 is 0 Å². The van der Waals surface area contributed by atoms with Gasteiger partial charge in [-0.25, -0.2) is 0 Å². The summed E-state index contributed by atoms with van der Waals surface area (Å²) in [6.45, 7) is 5.94. The van der Waals surface area contributed by atoms with Crippen LogP contribution in [-0.4, -0.2) is 32.3 Å². The molecule has 1 heterocycles. The molecule has 1 aliphatic heterocycles. The van der Waals surface area contributed by atoms with Crippen LogP contribution in [0, 0.1) is 6.92 Å². The third-order valence-electron chi connectivity index (χ3n) is 3.74. The molecule has 0 radical (unpaired) electrons. The summed E-state index contributed by atoms with van der Waals surface area (Å²) in [7, 11) is 0. The molecule has 1 aromatic rings. The van der Waals surface area contributed by atoms with Gasteiger partial charge in [0.05, 0.1) is 6.10 Å². The van der Waals surface area contributed by atoms with Gasteiger partial charge in [0.2, 0.25) is 0 Å². The third kappa shape index (κ3) is 4.51. The zero-order valence-corrected chi connectivity index (χ0v) is 12.0. The van der Waals surface area contributed by atoms with Crippen LogP contribution in [0.1, 0.15) is 31.2 Å². The molecule has 0 amide bonds. The van der Waals surface area contributed by atoms with Gasteiger partial charge in [-0.05, 0) is 56.8 Å². The molecule has 0 spiro atoms. The predicted molar refractivity (Wildman–Crippen MR) is 80.7 cm³/mol. The van der Waals surface area contributed by atoms with Crippen molar-refractivity contribution in [2.24, 2.45) is 5.73 Å². The molecule has 106 valence electrons. The minimum Gasteiger partial charge on any atom is -0.378 e. The van der Waals surface area contributed by atoms with Crippen molar-refractivity contribution in [1.29, 1.82) is 0 Å². The Morgan fingerprint density at radius 2 is 2.26 bits per heavy atom. The van der Waals surface area contributed by atoms with E-state index in [9.17, 15) is 0 Å². The third-order valence-corrected chi connectivity index (χ3v) is 3.74. The fourth-order valence-corrected chi connectivity index (χ4v) is 2.65. The van der Waals surface area contributed by atoms with Gasteiger partial charge in [0.15, 0.2) is 0 Å². The first-order valence-corrected chi connectivity index (χ1v) is 7.43. The molecule has 0 saturated carbocycles. The Morgan fingerprint density at radius 3 is 2.95 bits per heavy atom. The van der Waals surface area contributed by atoms with E-state index in [0.717, 1.165) is 39.1 Å². The topological polar surface area (TPSA) is 38.5 Å². The number of hydrogen-bond acceptors (Lipinski definition) is 3. The first kappa shape index (κ1) is 14.4. The highest BCUT2D eigenvalue weighted by Gasteiger charge is 2.17. The number of ether oxygens (including phenoxy) is 1. The standard InChI is InChI=1S/C16H26N2O/c1-14-5-2-6-15(13-14)18(10-4-9-17)11-8-16-7-3-12-19-16/h2,5-6,13,16H,3-4,7-12,17H2,1H3. The highest BCUT2D eigenvalue weighted by molar-refractivity contribution is 5.48. The number of nitrogens with two attached hydrogens (primary N) is 1. The minimum absolute atomic E-state index is 0.463. The zero-order valence-electron chi connectivity index (χ0n) is 12.0. The van der Waals surface area contributed by atoms with Crippen LogP contribution in [0.2, 0.25) is 0 Å². The number of aryl methyl sites for hydroxylation is 1. The molecular weight excluding hydrogens is 236 g/mol. The molecule has 1 unspecified atom stereocenters. The Morgan fingerprint density at radius 1 is 1.37 bits per heavy atom. The van der Waals surface area contributed by atoms with Crippen LogP contribution < -0.4 is 10.6 Å². The van der Waals surface area contributed by atoms with E-state index in [-0.39, 0.29) is 0 Å². The molecule has 3 heteroatoms. The second-order valence-electron chi connectivity index (χ2n) is 5.39. The van der Waals surface area contributed by atoms with E-state index < -0.39 is 0 Å². The first-order chi connectivity index (χ1) is 9.29. The number of anilines is 1. The summed E-state index contributed by atoms with van der Waals surface area (Å²) in [5.41, 5.74) is 8.28. The van der Waals surface area contributed by atoms with Crippen LogP contribution in [0.25, 0.3) is 0 Å². The first-order valence-electron chi connectivity index (χ1n) is 7.43. The largest absolute Gasteiger partial charge is 0.378 e. The number of nitrogens with zero attached hydrogens (tertiary/aromatic N) is 1. The van der Waals surface area contributed by atoms with E-state index in [1.165, 1.54) is 24.1 Å². The molecule has 3 nitrogen and oxygen atoms in total. The molecule has 0 bridgehead atoms. The Bertz CT molecular complexity index is 375. The summed E-state index contributed by atoms with van der Waals surface area (Å²) in [5.74, 6) is 0. The molecule has 0 aromatic heterocycles. The molecule has 19 heavy (non-hydrogen) atoms. The van der Waals surface area contributed by atoms with Gasteiger partial charge in [-0.2, -0.15) is 0 Å². The summed E-state index contributed by atoms with van der Waals surface area (Å²) in [6, 6.07) is 8.72. The zero-order chi connectivity index (χ0) is 13.5. The maximum Gasteiger partial charge on any atom is 0.0592 e. The Hall–Kier alpha value is -1.06. The van der Waals surface area contributed by atoms with E-state index in [0.29, 0.717) is 6.10 Å². The Labute approximate surface area is 116 Å². The second-order valence-corrected chi connectivity index (χ2v) is 5.39. The fraction of sp³-hybridized carbons (Fsp3) is 0.625. The van der Waals surface area contributed by atoms with Crippen LogP contribution in [-0.2, 0) is 4.74 Å². The molecular formula is C16H26N2O. The quantitative estimate of drug-likeness (QED) is 0.821. The average Bonchev–Trinajstić information content (AvgIpc) is 2.92. The molecule has 1 atom stereocenters. The lowest BCUT2D eigenvalue weighted by Crippen LogP contribution is -2.29. The molecule has 1 aliphatic rings. The van der Waals surface area contributed by atoms with Crippen molar-refractivity contribution in [3.8, 4) is 0 Å². The van der Waals surface area contributed by atoms with Crippen LogP contribution in [0.15, 0.2) is 24.3 Å². The van der Waals surface area contributed by atoms with Crippen molar-refractivity contribution in [2.45, 2.75) is 38.7 Å². The molecule has 0 aliphatic carbocycles. The van der Waals surface area contributed by atoms with Crippen LogP contribution in [0.5, 0.6) is 0 Å². The summed E-state index contributed by atoms with van der Waals surface area (Å²) in [4.78, 5) is 2.45. The second kappa shape index (κ2) is 7.51. The molecule has 1 saturated heterocycles. The lowest BCUT2D eigenvalue weighted by atomic mass is 10.1. The van der Waals surface area contributed by atoms with Crippen molar-refractivity contribution in [1.82, 2.24) is 0 Å². The lowest BCUT2D eigenvalue weighted by Gasteiger charge is -2.26. The van der Waals surface area contributed by atoms with Crippen molar-refractivity contribution >= 4 is 5.69 Å². The van der Waals surface area contributed by atoms with Crippen LogP contribution >= 0.6 is 0 Å². The number of rotatable bonds is 7. The van der Waals surface area contributed by atoms with E-state index in [2.05, 4.69) is 36.1 Å². The Kier molecular flexibility index (Phi) is 5.67. The van der Waals surface area contributed by atoms with Crippen molar-refractivity contribution in [3.63, 3.8) is 0 Å². The maximum absolute atomic E-state index is 5.72. The van der Waals surface area contributed by atoms with Gasteiger partial charge in [0, 0.05) is 25.4 Å². The molecule has 1 fully saturated rings. The van der Waals surface area contributed by atoms with Crippen molar-refractivity contribution in [2.75, 3.05) is 31.1 Å². The monoisotopic (exact) mass is 262 g/mol. The lowest BCUT2D eigenvalue weighted by molar-refractivity contribution is 0.105. The van der Waals surface area contributed by atoms with E-state index >= 15 is 0 Å². The van der Waals surface area contributed by atoms with Gasteiger partial charge in [-0.15, -0.1) is 0 Å². The van der Waals surface area contributed by atoms with Crippen molar-refractivity contribution < 1.29 is 4.74 Å². The normalized spacial score (nSPS) is 18.7. The van der Waals surface area contributed by atoms with Crippen LogP contribution in [0.3, 0.4) is 0 Å². The van der Waals surface area contributed by atoms with Gasteiger partial charge in [0.1, 0.15) is 0 Å². The van der Waals surface area contributed by atoms with E-state index in [1.54, 1.807) is 0 Å². The van der Waals surface area contributed by atoms with Crippen molar-refractivity contribution in [3.05, 3.63) is 29.8 Å². The van der Waals surface area contributed by atoms with Gasteiger partial charge in [-0.3, -0.25) is 0 Å². The van der Waals surface area contributed by atoms with Gasteiger partial charge in [0.25, 0.3) is 0 Å². The van der Waals surface area contributed by atoms with Gasteiger partial charge in [-0.1, -0.05) is 12.1 Å². The molecule has 2 N–H and O–H groups in total. The maximum atomic E-state index is 5.72. The van der Waals surface area contributed by atoms with E-state index in [4.69, 9.17) is 10.5 Å². The summed E-state index contributed by atoms with van der Waals surface area (Å²) >= 11 is 0. The summed E-state index contributed by atoms with van der Waals surface area (Å²) in [5, 5.41) is 0. The van der Waals surface area contributed by atoms with Gasteiger partial charge < -0.3 is 15.4 Å².